The van der Waals surface area contributed by atoms with Gasteiger partial charge >= 0.3 is 0 Å². The van der Waals surface area contributed by atoms with Gasteiger partial charge in [0.2, 0.25) is 11.8 Å². The van der Waals surface area contributed by atoms with Gasteiger partial charge in [-0.25, -0.2) is 0 Å². The lowest BCUT2D eigenvalue weighted by atomic mass is 9.99. The monoisotopic (exact) mass is 757 g/mol. The first-order valence-corrected chi connectivity index (χ1v) is 21.2. The van der Waals surface area contributed by atoms with E-state index in [2.05, 4.69) is 41.5 Å². The highest BCUT2D eigenvalue weighted by Crippen LogP contribution is 2.39. The second-order valence-electron chi connectivity index (χ2n) is 15.2. The number of carbonyl (C=O) groups excluding carboxylic acids is 2. The number of anilines is 3. The van der Waals surface area contributed by atoms with Crippen LogP contribution in [0, 0.1) is 0 Å². The van der Waals surface area contributed by atoms with Crippen LogP contribution >= 0.6 is 0 Å². The topological polar surface area (TPSA) is 126 Å². The molecule has 1 heterocycles. The van der Waals surface area contributed by atoms with Crippen molar-refractivity contribution in [1.29, 1.82) is 0 Å². The van der Waals surface area contributed by atoms with Crippen molar-refractivity contribution in [3.05, 3.63) is 89.5 Å². The summed E-state index contributed by atoms with van der Waals surface area (Å²) in [5.74, 6) is -0.220. The number of nitrogens with zero attached hydrogens (tertiary/aromatic N) is 1. The van der Waals surface area contributed by atoms with E-state index in [9.17, 15) is 14.7 Å². The standard InChI is InChI=1S/C46H68N4O5/c1-3-5-7-9-11-17-30-50(31-18-12-10-8-6-4-2)34-40-33-43(37-28-26-36(35-51)27-29-37)55-46(54-40)38-20-19-21-39(32-38)48-44(52)24-15-16-25-45(53)49-42-23-14-13-22-41(42)47/h13-14,19-23,26-29,32,40,43,46,51H,3-12,15-18,24-25,30-31,33-35,47H2,1-2H3,(H,48,52)(H,49,53). The number of aliphatic hydroxyl groups is 1. The molecule has 0 spiro atoms. The third-order valence-corrected chi connectivity index (χ3v) is 10.5. The van der Waals surface area contributed by atoms with Gasteiger partial charge in [0.1, 0.15) is 0 Å². The van der Waals surface area contributed by atoms with E-state index in [1.54, 1.807) is 12.1 Å². The second-order valence-corrected chi connectivity index (χ2v) is 15.2. The molecule has 0 bridgehead atoms. The van der Waals surface area contributed by atoms with E-state index >= 15 is 0 Å². The van der Waals surface area contributed by atoms with Crippen molar-refractivity contribution < 1.29 is 24.2 Å². The molecule has 1 aliphatic heterocycles. The zero-order valence-corrected chi connectivity index (χ0v) is 33.6. The summed E-state index contributed by atoms with van der Waals surface area (Å²) in [4.78, 5) is 28.0. The summed E-state index contributed by atoms with van der Waals surface area (Å²) in [7, 11) is 0. The average molecular weight is 757 g/mol. The minimum absolute atomic E-state index is 0.00364. The molecule has 3 aromatic rings. The molecule has 0 aliphatic carbocycles. The van der Waals surface area contributed by atoms with Crippen LogP contribution < -0.4 is 16.4 Å². The average Bonchev–Trinajstić information content (AvgIpc) is 3.20. The van der Waals surface area contributed by atoms with Crippen LogP contribution in [0.15, 0.2) is 72.8 Å². The summed E-state index contributed by atoms with van der Waals surface area (Å²) < 4.78 is 13.4. The van der Waals surface area contributed by atoms with Crippen LogP contribution in [0.4, 0.5) is 17.1 Å². The van der Waals surface area contributed by atoms with Crippen LogP contribution in [0.5, 0.6) is 0 Å². The fourth-order valence-electron chi connectivity index (χ4n) is 7.23. The Balaban J connectivity index is 1.37. The number of nitrogen functional groups attached to an aromatic ring is 1. The van der Waals surface area contributed by atoms with Crippen molar-refractivity contribution in [3.8, 4) is 0 Å². The van der Waals surface area contributed by atoms with Crippen molar-refractivity contribution in [2.75, 3.05) is 36.0 Å². The normalized spacial score (nSPS) is 17.0. The summed E-state index contributed by atoms with van der Waals surface area (Å²) in [6, 6.07) is 23.0. The van der Waals surface area contributed by atoms with E-state index in [0.29, 0.717) is 42.7 Å². The second kappa shape index (κ2) is 25.4. The number of para-hydroxylation sites is 2. The lowest BCUT2D eigenvalue weighted by molar-refractivity contribution is -0.253. The van der Waals surface area contributed by atoms with Gasteiger partial charge in [-0.05, 0) is 74.2 Å². The third-order valence-electron chi connectivity index (χ3n) is 10.5. The molecule has 9 nitrogen and oxygen atoms in total. The van der Waals surface area contributed by atoms with Gasteiger partial charge in [-0.2, -0.15) is 0 Å². The van der Waals surface area contributed by atoms with Crippen molar-refractivity contribution in [1.82, 2.24) is 4.90 Å². The fourth-order valence-corrected chi connectivity index (χ4v) is 7.23. The Kier molecular flexibility index (Phi) is 20.3. The molecule has 1 fully saturated rings. The maximum atomic E-state index is 12.9. The maximum absolute atomic E-state index is 12.9. The molecule has 55 heavy (non-hydrogen) atoms. The SMILES string of the molecule is CCCCCCCCN(CCCCCCCC)CC1CC(c2ccc(CO)cc2)OC(c2cccc(NC(=O)CCCCC(=O)Nc3ccccc3N)c2)O1. The molecule has 5 N–H and O–H groups in total. The van der Waals surface area contributed by atoms with Gasteiger partial charge in [0.25, 0.3) is 0 Å². The Morgan fingerprint density at radius 1 is 0.709 bits per heavy atom. The van der Waals surface area contributed by atoms with Gasteiger partial charge in [0, 0.05) is 37.1 Å². The number of unbranched alkanes of at least 4 members (excludes halogenated alkanes) is 11. The highest BCUT2D eigenvalue weighted by Gasteiger charge is 2.33. The van der Waals surface area contributed by atoms with Crippen molar-refractivity contribution in [3.63, 3.8) is 0 Å². The van der Waals surface area contributed by atoms with Crippen LogP contribution in [0.1, 0.15) is 152 Å². The Bertz CT molecular complexity index is 1520. The van der Waals surface area contributed by atoms with Crippen LogP contribution in [0.2, 0.25) is 0 Å². The van der Waals surface area contributed by atoms with Gasteiger partial charge in [-0.15, -0.1) is 0 Å². The molecule has 2 amide bonds. The number of carbonyl (C=O) groups is 2. The number of rotatable bonds is 26. The number of nitrogens with one attached hydrogen (secondary N) is 2. The summed E-state index contributed by atoms with van der Waals surface area (Å²) in [5.41, 5.74) is 10.5. The Labute approximate surface area is 330 Å². The van der Waals surface area contributed by atoms with Crippen LogP contribution in [0.25, 0.3) is 0 Å². The highest BCUT2D eigenvalue weighted by atomic mass is 16.7. The van der Waals surface area contributed by atoms with Crippen LogP contribution in [-0.2, 0) is 25.7 Å². The molecule has 0 aromatic heterocycles. The van der Waals surface area contributed by atoms with E-state index in [1.165, 1.54) is 77.0 Å². The molecule has 3 atom stereocenters. The summed E-state index contributed by atoms with van der Waals surface area (Å²) >= 11 is 0. The first-order chi connectivity index (χ1) is 26.9. The van der Waals surface area contributed by atoms with E-state index in [1.807, 2.05) is 48.5 Å². The largest absolute Gasteiger partial charge is 0.397 e. The van der Waals surface area contributed by atoms with E-state index < -0.39 is 6.29 Å². The predicted octanol–water partition coefficient (Wildman–Crippen LogP) is 10.5. The molecule has 4 rings (SSSR count). The summed E-state index contributed by atoms with van der Waals surface area (Å²) in [6.45, 7) is 7.54. The van der Waals surface area contributed by atoms with Gasteiger partial charge in [0.05, 0.1) is 30.2 Å². The predicted molar refractivity (Wildman–Crippen MR) is 225 cm³/mol. The number of hydrogen-bond donors (Lipinski definition) is 4. The molecule has 3 unspecified atom stereocenters. The first kappa shape index (κ1) is 44.0. The zero-order chi connectivity index (χ0) is 39.1. The van der Waals surface area contributed by atoms with Crippen LogP contribution in [0.3, 0.4) is 0 Å². The Hall–Kier alpha value is -3.76. The van der Waals surface area contributed by atoms with E-state index in [4.69, 9.17) is 15.2 Å². The van der Waals surface area contributed by atoms with Crippen LogP contribution in [-0.4, -0.2) is 47.6 Å². The third kappa shape index (κ3) is 16.5. The lowest BCUT2D eigenvalue weighted by Gasteiger charge is -2.38. The van der Waals surface area contributed by atoms with Gasteiger partial charge < -0.3 is 35.8 Å². The van der Waals surface area contributed by atoms with E-state index in [0.717, 1.165) is 42.7 Å². The molecule has 302 valence electrons. The lowest BCUT2D eigenvalue weighted by Crippen LogP contribution is -2.40. The molecule has 0 radical (unpaired) electrons. The number of benzene rings is 3. The first-order valence-electron chi connectivity index (χ1n) is 21.2. The number of ether oxygens (including phenoxy) is 2. The smallest absolute Gasteiger partial charge is 0.224 e. The minimum Gasteiger partial charge on any atom is -0.397 e. The van der Waals surface area contributed by atoms with Gasteiger partial charge in [0.15, 0.2) is 6.29 Å². The van der Waals surface area contributed by atoms with Crippen molar-refractivity contribution in [2.24, 2.45) is 0 Å². The number of aliphatic hydroxyl groups excluding tert-OH is 1. The Morgan fingerprint density at radius 2 is 1.33 bits per heavy atom. The van der Waals surface area contributed by atoms with Gasteiger partial charge in [-0.1, -0.05) is 127 Å². The van der Waals surface area contributed by atoms with Crippen molar-refractivity contribution in [2.45, 2.75) is 148 Å². The zero-order valence-electron chi connectivity index (χ0n) is 33.6. The quantitative estimate of drug-likeness (QED) is 0.0474. The molecule has 3 aromatic carbocycles. The fraction of sp³-hybridized carbons (Fsp3) is 0.565. The minimum atomic E-state index is -0.597. The molecular formula is C46H68N4O5. The number of hydrogen-bond acceptors (Lipinski definition) is 7. The summed E-state index contributed by atoms with van der Waals surface area (Å²) in [6.07, 6.45) is 17.1. The number of nitrogens with two attached hydrogens (primary N) is 1. The summed E-state index contributed by atoms with van der Waals surface area (Å²) in [5, 5.41) is 15.5. The van der Waals surface area contributed by atoms with E-state index in [-0.39, 0.29) is 30.6 Å². The molecule has 1 saturated heterocycles. The highest BCUT2D eigenvalue weighted by molar-refractivity contribution is 5.94. The molecule has 0 saturated carbocycles. The molecular weight excluding hydrogens is 689 g/mol. The molecule has 9 heteroatoms. The number of amides is 2. The van der Waals surface area contributed by atoms with Crippen molar-refractivity contribution >= 4 is 28.9 Å². The molecule has 1 aliphatic rings. The van der Waals surface area contributed by atoms with Gasteiger partial charge in [-0.3, -0.25) is 9.59 Å². The Morgan fingerprint density at radius 3 is 1.96 bits per heavy atom. The maximum Gasteiger partial charge on any atom is 0.224 e.